The summed E-state index contributed by atoms with van der Waals surface area (Å²) in [5, 5.41) is 2.62. The van der Waals surface area contributed by atoms with Gasteiger partial charge in [-0.05, 0) is 11.6 Å². The normalized spacial score (nSPS) is 12.5. The highest BCUT2D eigenvalue weighted by molar-refractivity contribution is 5.76. The number of ether oxygens (including phenoxy) is 1. The molecule has 0 aliphatic rings. The fourth-order valence-electron chi connectivity index (χ4n) is 2.12. The molecule has 1 amide bonds. The van der Waals surface area contributed by atoms with Crippen molar-refractivity contribution in [1.82, 2.24) is 10.3 Å². The third-order valence-corrected chi connectivity index (χ3v) is 3.33. The van der Waals surface area contributed by atoms with Crippen LogP contribution >= 0.6 is 0 Å². The predicted molar refractivity (Wildman–Crippen MR) is 85.6 cm³/mol. The van der Waals surface area contributed by atoms with Gasteiger partial charge in [-0.2, -0.15) is 13.2 Å². The molecule has 0 fully saturated rings. The lowest BCUT2D eigenvalue weighted by molar-refractivity contribution is -0.154. The molecule has 1 aromatic carbocycles. The van der Waals surface area contributed by atoms with Crippen molar-refractivity contribution in [3.8, 4) is 5.88 Å². The number of nitrogens with one attached hydrogen (secondary N) is 1. The Hall–Kier alpha value is -2.61. The van der Waals surface area contributed by atoms with Gasteiger partial charge in [0.15, 0.2) is 6.61 Å². The van der Waals surface area contributed by atoms with Gasteiger partial charge in [0.2, 0.25) is 11.8 Å². The molecule has 0 radical (unpaired) electrons. The second kappa shape index (κ2) is 8.48. The molecule has 134 valence electrons. The Morgan fingerprint density at radius 1 is 1.20 bits per heavy atom. The van der Waals surface area contributed by atoms with Crippen LogP contribution in [0.5, 0.6) is 5.88 Å². The molecule has 0 saturated heterocycles. The summed E-state index contributed by atoms with van der Waals surface area (Å²) in [5.41, 5.74) is 7.15. The zero-order valence-corrected chi connectivity index (χ0v) is 13.3. The van der Waals surface area contributed by atoms with Crippen LogP contribution in [0.4, 0.5) is 13.2 Å². The van der Waals surface area contributed by atoms with Crippen LogP contribution in [0.1, 0.15) is 23.6 Å². The SMILES string of the molecule is NC(CC(=O)NCc1cccnc1OCC(F)(F)F)c1ccccc1. The van der Waals surface area contributed by atoms with E-state index in [-0.39, 0.29) is 24.8 Å². The van der Waals surface area contributed by atoms with Crippen LogP contribution in [0.15, 0.2) is 48.7 Å². The van der Waals surface area contributed by atoms with E-state index in [1.54, 1.807) is 6.07 Å². The smallest absolute Gasteiger partial charge is 0.422 e. The molecule has 0 aliphatic heterocycles. The molecule has 0 saturated carbocycles. The molecular weight excluding hydrogens is 335 g/mol. The Bertz CT molecular complexity index is 693. The number of hydrogen-bond acceptors (Lipinski definition) is 4. The zero-order chi connectivity index (χ0) is 18.3. The number of halogens is 3. The van der Waals surface area contributed by atoms with Crippen LogP contribution in [0.25, 0.3) is 0 Å². The number of hydrogen-bond donors (Lipinski definition) is 2. The number of alkyl halides is 3. The van der Waals surface area contributed by atoms with E-state index in [4.69, 9.17) is 5.73 Å². The van der Waals surface area contributed by atoms with Crippen molar-refractivity contribution in [3.05, 3.63) is 59.8 Å². The van der Waals surface area contributed by atoms with Gasteiger partial charge in [-0.1, -0.05) is 36.4 Å². The maximum atomic E-state index is 12.3. The molecule has 0 spiro atoms. The average Bonchev–Trinajstić information content (AvgIpc) is 2.59. The van der Waals surface area contributed by atoms with E-state index < -0.39 is 18.8 Å². The zero-order valence-electron chi connectivity index (χ0n) is 13.3. The standard InChI is InChI=1S/C17H18F3N3O2/c18-17(19,20)11-25-16-13(7-4-8-22-16)10-23-15(24)9-14(21)12-5-2-1-3-6-12/h1-8,14H,9-11,21H2,(H,23,24). The van der Waals surface area contributed by atoms with E-state index in [1.165, 1.54) is 12.3 Å². The number of amides is 1. The summed E-state index contributed by atoms with van der Waals surface area (Å²) >= 11 is 0. The number of aromatic nitrogens is 1. The molecule has 25 heavy (non-hydrogen) atoms. The van der Waals surface area contributed by atoms with Crippen molar-refractivity contribution in [2.45, 2.75) is 25.2 Å². The Morgan fingerprint density at radius 3 is 2.60 bits per heavy atom. The monoisotopic (exact) mass is 353 g/mol. The molecule has 1 aromatic heterocycles. The second-order valence-corrected chi connectivity index (χ2v) is 5.37. The number of nitrogens with two attached hydrogens (primary N) is 1. The number of pyridine rings is 1. The fourth-order valence-corrected chi connectivity index (χ4v) is 2.12. The average molecular weight is 353 g/mol. The largest absolute Gasteiger partial charge is 0.468 e. The van der Waals surface area contributed by atoms with Crippen LogP contribution < -0.4 is 15.8 Å². The Kier molecular flexibility index (Phi) is 6.35. The minimum atomic E-state index is -4.46. The van der Waals surface area contributed by atoms with Crippen molar-refractivity contribution in [1.29, 1.82) is 0 Å². The molecular formula is C17H18F3N3O2. The van der Waals surface area contributed by atoms with Crippen LogP contribution in [-0.4, -0.2) is 23.7 Å². The molecule has 0 bridgehead atoms. The first kappa shape index (κ1) is 18.7. The maximum Gasteiger partial charge on any atom is 0.422 e. The van der Waals surface area contributed by atoms with E-state index >= 15 is 0 Å². The minimum Gasteiger partial charge on any atom is -0.468 e. The number of nitrogens with zero attached hydrogens (tertiary/aromatic N) is 1. The fraction of sp³-hybridized carbons (Fsp3) is 0.294. The summed E-state index contributed by atoms with van der Waals surface area (Å²) in [4.78, 5) is 15.8. The van der Waals surface area contributed by atoms with Gasteiger partial charge in [0.25, 0.3) is 0 Å². The van der Waals surface area contributed by atoms with Crippen LogP contribution in [-0.2, 0) is 11.3 Å². The number of rotatable bonds is 7. The molecule has 0 aliphatic carbocycles. The summed E-state index contributed by atoms with van der Waals surface area (Å²) in [6.07, 6.45) is -3.08. The lowest BCUT2D eigenvalue weighted by atomic mass is 10.0. The van der Waals surface area contributed by atoms with E-state index in [1.807, 2.05) is 30.3 Å². The van der Waals surface area contributed by atoms with Gasteiger partial charge in [0, 0.05) is 30.8 Å². The first-order chi connectivity index (χ1) is 11.8. The topological polar surface area (TPSA) is 77.2 Å². The summed E-state index contributed by atoms with van der Waals surface area (Å²) in [5.74, 6) is -0.477. The van der Waals surface area contributed by atoms with Gasteiger partial charge in [0.1, 0.15) is 0 Å². The van der Waals surface area contributed by atoms with Gasteiger partial charge in [-0.3, -0.25) is 4.79 Å². The lowest BCUT2D eigenvalue weighted by Gasteiger charge is -2.14. The molecule has 1 atom stereocenters. The number of carbonyl (C=O) groups is 1. The van der Waals surface area contributed by atoms with Crippen molar-refractivity contribution >= 4 is 5.91 Å². The molecule has 1 heterocycles. The molecule has 2 aromatic rings. The van der Waals surface area contributed by atoms with Gasteiger partial charge in [-0.15, -0.1) is 0 Å². The second-order valence-electron chi connectivity index (χ2n) is 5.37. The predicted octanol–water partition coefficient (Wildman–Crippen LogP) is 2.73. The Morgan fingerprint density at radius 2 is 1.92 bits per heavy atom. The Labute approximate surface area is 143 Å². The third-order valence-electron chi connectivity index (χ3n) is 3.33. The van der Waals surface area contributed by atoms with Crippen molar-refractivity contribution < 1.29 is 22.7 Å². The van der Waals surface area contributed by atoms with Crippen molar-refractivity contribution in [3.63, 3.8) is 0 Å². The first-order valence-corrected chi connectivity index (χ1v) is 7.56. The number of benzene rings is 1. The highest BCUT2D eigenvalue weighted by atomic mass is 19.4. The molecule has 3 N–H and O–H groups in total. The first-order valence-electron chi connectivity index (χ1n) is 7.56. The summed E-state index contributed by atoms with van der Waals surface area (Å²) in [6, 6.07) is 11.8. The van der Waals surface area contributed by atoms with E-state index in [2.05, 4.69) is 15.0 Å². The van der Waals surface area contributed by atoms with Gasteiger partial charge in [-0.25, -0.2) is 4.98 Å². The molecule has 5 nitrogen and oxygen atoms in total. The third kappa shape index (κ3) is 6.42. The van der Waals surface area contributed by atoms with Crippen LogP contribution in [0, 0.1) is 0 Å². The van der Waals surface area contributed by atoms with E-state index in [9.17, 15) is 18.0 Å². The number of carbonyl (C=O) groups excluding carboxylic acids is 1. The van der Waals surface area contributed by atoms with Crippen molar-refractivity contribution in [2.75, 3.05) is 6.61 Å². The quantitative estimate of drug-likeness (QED) is 0.802. The summed E-state index contributed by atoms with van der Waals surface area (Å²) in [7, 11) is 0. The van der Waals surface area contributed by atoms with E-state index in [0.29, 0.717) is 5.56 Å². The lowest BCUT2D eigenvalue weighted by Crippen LogP contribution is -2.27. The van der Waals surface area contributed by atoms with Gasteiger partial charge in [0.05, 0.1) is 0 Å². The Balaban J connectivity index is 1.89. The maximum absolute atomic E-state index is 12.3. The van der Waals surface area contributed by atoms with E-state index in [0.717, 1.165) is 5.56 Å². The molecule has 8 heteroatoms. The molecule has 1 unspecified atom stereocenters. The summed E-state index contributed by atoms with van der Waals surface area (Å²) < 4.78 is 41.4. The van der Waals surface area contributed by atoms with Crippen LogP contribution in [0.3, 0.4) is 0 Å². The highest BCUT2D eigenvalue weighted by Gasteiger charge is 2.29. The molecule has 2 rings (SSSR count). The van der Waals surface area contributed by atoms with Crippen molar-refractivity contribution in [2.24, 2.45) is 5.73 Å². The van der Waals surface area contributed by atoms with Gasteiger partial charge >= 0.3 is 6.18 Å². The van der Waals surface area contributed by atoms with Crippen LogP contribution in [0.2, 0.25) is 0 Å². The minimum absolute atomic E-state index is 0.00136. The summed E-state index contributed by atoms with van der Waals surface area (Å²) in [6.45, 7) is -1.44. The highest BCUT2D eigenvalue weighted by Crippen LogP contribution is 2.20. The van der Waals surface area contributed by atoms with Gasteiger partial charge < -0.3 is 15.8 Å².